The number of hydrogen-bond donors (Lipinski definition) is 4. The number of carbonyl (C=O) groups is 3. The minimum Gasteiger partial charge on any atom is -0.379 e. The fourth-order valence-corrected chi connectivity index (χ4v) is 6.61. The second kappa shape index (κ2) is 28.6. The van der Waals surface area contributed by atoms with Gasteiger partial charge in [0.15, 0.2) is 0 Å². The summed E-state index contributed by atoms with van der Waals surface area (Å²) in [5, 5.41) is 12.1. The van der Waals surface area contributed by atoms with Crippen LogP contribution in [0.2, 0.25) is 0 Å². The zero-order valence-electron chi connectivity index (χ0n) is 27.4. The molecule has 0 aliphatic carbocycles. The number of thioether (sulfide) groups is 1. The van der Waals surface area contributed by atoms with Gasteiger partial charge in [0.1, 0.15) is 0 Å². The Morgan fingerprint density at radius 3 is 1.83 bits per heavy atom. The number of alkyl halides is 1. The Kier molecular flexibility index (Phi) is 25.4. The van der Waals surface area contributed by atoms with Crippen molar-refractivity contribution < 1.29 is 42.8 Å². The molecule has 13 nitrogen and oxygen atoms in total. The van der Waals surface area contributed by atoms with Gasteiger partial charge in [-0.2, -0.15) is 11.8 Å². The second-order valence-corrected chi connectivity index (χ2v) is 12.7. The van der Waals surface area contributed by atoms with E-state index in [-0.39, 0.29) is 29.9 Å². The van der Waals surface area contributed by atoms with E-state index in [1.165, 1.54) is 0 Å². The summed E-state index contributed by atoms with van der Waals surface area (Å²) in [7, 11) is 0. The van der Waals surface area contributed by atoms with Crippen molar-refractivity contribution in [1.29, 1.82) is 0 Å². The predicted octanol–water partition coefficient (Wildman–Crippen LogP) is 2.23. The van der Waals surface area contributed by atoms with E-state index in [9.17, 15) is 14.4 Å². The Morgan fingerprint density at radius 1 is 0.652 bits per heavy atom. The van der Waals surface area contributed by atoms with E-state index >= 15 is 0 Å². The van der Waals surface area contributed by atoms with Crippen LogP contribution >= 0.6 is 23.4 Å². The van der Waals surface area contributed by atoms with E-state index < -0.39 is 0 Å². The molecule has 0 radical (unpaired) electrons. The number of urea groups is 1. The lowest BCUT2D eigenvalue weighted by Crippen LogP contribution is -2.36. The first-order valence-electron chi connectivity index (χ1n) is 16.8. The van der Waals surface area contributed by atoms with Crippen molar-refractivity contribution in [2.75, 3.05) is 104 Å². The smallest absolute Gasteiger partial charge is 0.315 e. The summed E-state index contributed by atoms with van der Waals surface area (Å²) in [4.78, 5) is 35.3. The third-order valence-corrected chi connectivity index (χ3v) is 9.13. The number of hydrogen-bond acceptors (Lipinski definition) is 10. The van der Waals surface area contributed by atoms with Crippen LogP contribution < -0.4 is 21.3 Å². The fraction of sp³-hybridized carbons (Fsp3) is 0.903. The van der Waals surface area contributed by atoms with Gasteiger partial charge in [0, 0.05) is 49.4 Å². The molecule has 4 amide bonds. The summed E-state index contributed by atoms with van der Waals surface area (Å²) in [5.74, 6) is 1.65. The highest BCUT2D eigenvalue weighted by Crippen LogP contribution is 2.33. The average Bonchev–Trinajstić information content (AvgIpc) is 3.60. The average molecular weight is 697 g/mol. The molecule has 3 atom stereocenters. The van der Waals surface area contributed by atoms with Gasteiger partial charge in [-0.3, -0.25) is 9.59 Å². The first-order chi connectivity index (χ1) is 22.6. The number of ether oxygens (including phenoxy) is 6. The van der Waals surface area contributed by atoms with Crippen molar-refractivity contribution in [3.8, 4) is 0 Å². The van der Waals surface area contributed by atoms with Crippen LogP contribution in [0, 0.1) is 0 Å². The third-order valence-electron chi connectivity index (χ3n) is 7.35. The molecule has 0 aromatic heterocycles. The van der Waals surface area contributed by atoms with E-state index in [2.05, 4.69) is 21.3 Å². The maximum Gasteiger partial charge on any atom is 0.315 e. The van der Waals surface area contributed by atoms with Gasteiger partial charge in [-0.15, -0.1) is 11.6 Å². The number of nitrogens with one attached hydrogen (secondary N) is 4. The molecule has 4 N–H and O–H groups in total. The first kappa shape index (κ1) is 40.8. The summed E-state index contributed by atoms with van der Waals surface area (Å²) in [6.07, 6.45) is 8.01. The van der Waals surface area contributed by atoms with Crippen molar-refractivity contribution in [1.82, 2.24) is 21.3 Å². The van der Waals surface area contributed by atoms with Crippen LogP contribution in [0.25, 0.3) is 0 Å². The first-order valence-corrected chi connectivity index (χ1v) is 18.4. The maximum atomic E-state index is 12.0. The molecule has 0 aromatic rings. The molecule has 46 heavy (non-hydrogen) atoms. The maximum absolute atomic E-state index is 12.0. The van der Waals surface area contributed by atoms with Crippen molar-refractivity contribution in [2.45, 2.75) is 75.1 Å². The second-order valence-electron chi connectivity index (χ2n) is 11.1. The highest BCUT2D eigenvalue weighted by Gasteiger charge is 2.42. The van der Waals surface area contributed by atoms with Crippen molar-refractivity contribution in [2.24, 2.45) is 0 Å². The van der Waals surface area contributed by atoms with E-state index in [0.29, 0.717) is 104 Å². The quantitative estimate of drug-likeness (QED) is 0.0468. The normalized spacial score (nSPS) is 18.7. The van der Waals surface area contributed by atoms with Crippen LogP contribution in [0.4, 0.5) is 4.79 Å². The van der Waals surface area contributed by atoms with Gasteiger partial charge in [-0.05, 0) is 25.7 Å². The van der Waals surface area contributed by atoms with Crippen LogP contribution in [0.3, 0.4) is 0 Å². The summed E-state index contributed by atoms with van der Waals surface area (Å²) in [6.45, 7) is 6.65. The molecule has 0 spiro atoms. The third kappa shape index (κ3) is 21.5. The summed E-state index contributed by atoms with van der Waals surface area (Å²) in [5.41, 5.74) is 0. The Morgan fingerprint density at radius 2 is 1.20 bits per heavy atom. The Bertz CT molecular complexity index is 805. The molecule has 0 saturated carbocycles. The van der Waals surface area contributed by atoms with Gasteiger partial charge >= 0.3 is 6.03 Å². The molecule has 2 aliphatic rings. The Balaban J connectivity index is 1.21. The molecule has 2 aliphatic heterocycles. The molecular formula is C31H57ClN4O9S. The lowest BCUT2D eigenvalue weighted by molar-refractivity contribution is -0.123. The number of amides is 4. The molecule has 0 bridgehead atoms. The topological polar surface area (TPSA) is 155 Å². The van der Waals surface area contributed by atoms with E-state index in [1.54, 1.807) is 0 Å². The number of unbranched alkanes of at least 4 members (excludes halogenated alkanes) is 4. The van der Waals surface area contributed by atoms with E-state index in [4.69, 9.17) is 40.0 Å². The summed E-state index contributed by atoms with van der Waals surface area (Å²) >= 11 is 7.55. The van der Waals surface area contributed by atoms with Gasteiger partial charge in [0.2, 0.25) is 11.8 Å². The van der Waals surface area contributed by atoms with Gasteiger partial charge in [0.25, 0.3) is 0 Å². The standard InChI is InChI=1S/C31H57ClN4O9S/c32-10-5-1-2-6-13-40-17-19-42-16-12-34-29(38)9-14-41-18-21-44-23-24-45-22-20-43-15-11-33-28(37)8-4-3-7-27-30-26(25-46-27)35-31(39)36-30/h26-27,30H,1-25H2,(H,33,37)(H,34,38)(H2,35,36,39). The molecular weight excluding hydrogens is 640 g/mol. The minimum atomic E-state index is -0.0704. The number of fused-ring (bicyclic) bond motifs is 1. The van der Waals surface area contributed by atoms with E-state index in [0.717, 1.165) is 63.2 Å². The molecule has 2 heterocycles. The molecule has 2 rings (SSSR count). The fourth-order valence-electron chi connectivity index (χ4n) is 4.88. The predicted molar refractivity (Wildman–Crippen MR) is 179 cm³/mol. The van der Waals surface area contributed by atoms with Crippen molar-refractivity contribution >= 4 is 41.2 Å². The highest BCUT2D eigenvalue weighted by molar-refractivity contribution is 8.00. The number of rotatable bonds is 32. The molecule has 15 heteroatoms. The Hall–Kier alpha value is -1.39. The van der Waals surface area contributed by atoms with Gasteiger partial charge < -0.3 is 49.7 Å². The van der Waals surface area contributed by atoms with Gasteiger partial charge in [0.05, 0.1) is 84.8 Å². The van der Waals surface area contributed by atoms with Crippen LogP contribution in [0.15, 0.2) is 0 Å². The zero-order valence-corrected chi connectivity index (χ0v) is 28.9. The monoisotopic (exact) mass is 696 g/mol. The molecule has 0 aromatic carbocycles. The molecule has 3 unspecified atom stereocenters. The SMILES string of the molecule is O=C(CCCCC1SCC2NC(=O)NC21)NCCOCCOCCOCCOCCC(=O)NCCOCCOCCCCCCCl. The van der Waals surface area contributed by atoms with Gasteiger partial charge in [-0.1, -0.05) is 19.3 Å². The summed E-state index contributed by atoms with van der Waals surface area (Å²) in [6, 6.07) is 0.403. The molecule has 2 fully saturated rings. The van der Waals surface area contributed by atoms with Crippen molar-refractivity contribution in [3.63, 3.8) is 0 Å². The highest BCUT2D eigenvalue weighted by atomic mass is 35.5. The number of carbonyl (C=O) groups excluding carboxylic acids is 3. The van der Waals surface area contributed by atoms with Gasteiger partial charge in [-0.25, -0.2) is 4.79 Å². The lowest BCUT2D eigenvalue weighted by Gasteiger charge is -2.16. The minimum absolute atomic E-state index is 0.0378. The van der Waals surface area contributed by atoms with Crippen LogP contribution in [-0.4, -0.2) is 139 Å². The van der Waals surface area contributed by atoms with Crippen LogP contribution in [0.1, 0.15) is 57.8 Å². The Labute approximate surface area is 283 Å². The van der Waals surface area contributed by atoms with E-state index in [1.807, 2.05) is 11.8 Å². The van der Waals surface area contributed by atoms with Crippen LogP contribution in [0.5, 0.6) is 0 Å². The summed E-state index contributed by atoms with van der Waals surface area (Å²) < 4.78 is 32.8. The molecule has 2 saturated heterocycles. The lowest BCUT2D eigenvalue weighted by atomic mass is 10.0. The van der Waals surface area contributed by atoms with Crippen molar-refractivity contribution in [3.05, 3.63) is 0 Å². The van der Waals surface area contributed by atoms with Crippen LogP contribution in [-0.2, 0) is 38.0 Å². The zero-order chi connectivity index (χ0) is 32.9. The largest absolute Gasteiger partial charge is 0.379 e. The molecule has 268 valence electrons. The number of halogens is 1.